The number of rotatable bonds is 5. The molecule has 7 heteroatoms. The molecule has 0 aliphatic heterocycles. The van der Waals surface area contributed by atoms with Crippen molar-refractivity contribution in [2.45, 2.75) is 31.3 Å². The maximum Gasteiger partial charge on any atom is 0.234 e. The summed E-state index contributed by atoms with van der Waals surface area (Å²) in [5, 5.41) is 11.7. The molecule has 1 heterocycles. The highest BCUT2D eigenvalue weighted by Crippen LogP contribution is 2.29. The van der Waals surface area contributed by atoms with Gasteiger partial charge in [0.15, 0.2) is 5.82 Å². The molecule has 3 N–H and O–H groups in total. The number of carbonyl (C=O) groups is 1. The molecule has 6 nitrogen and oxygen atoms in total. The van der Waals surface area contributed by atoms with Crippen molar-refractivity contribution in [2.75, 3.05) is 16.9 Å². The van der Waals surface area contributed by atoms with Crippen LogP contribution in [0.3, 0.4) is 0 Å². The number of carbonyl (C=O) groups excluding carboxylic acids is 1. The van der Waals surface area contributed by atoms with Crippen LogP contribution in [0, 0.1) is 0 Å². The van der Waals surface area contributed by atoms with Crippen LogP contribution in [0.2, 0.25) is 0 Å². The largest absolute Gasteiger partial charge is 0.335 e. The van der Waals surface area contributed by atoms with Crippen LogP contribution in [0.5, 0.6) is 0 Å². The monoisotopic (exact) mass is 381 g/mol. The molecule has 1 aromatic heterocycles. The lowest BCUT2D eigenvalue weighted by Crippen LogP contribution is -2.20. The number of hydrogen-bond acceptors (Lipinski definition) is 5. The third-order valence-corrected chi connectivity index (χ3v) is 4.98. The number of amides is 1. The summed E-state index contributed by atoms with van der Waals surface area (Å²) < 4.78 is 1.41. The topological polar surface area (TPSA) is 85.8 Å². The first-order valence-corrected chi connectivity index (χ1v) is 9.63. The molecule has 0 bridgehead atoms. The number of nitrogens with two attached hydrogens (primary N) is 1. The van der Waals surface area contributed by atoms with Crippen molar-refractivity contribution in [3.05, 3.63) is 60.2 Å². The Balaban J connectivity index is 1.67. The van der Waals surface area contributed by atoms with E-state index in [0.717, 1.165) is 16.8 Å². The molecule has 0 aliphatic rings. The summed E-state index contributed by atoms with van der Waals surface area (Å²) in [4.78, 5) is 12.4. The summed E-state index contributed by atoms with van der Waals surface area (Å²) in [5.41, 5.74) is 2.74. The Kier molecular flexibility index (Phi) is 5.51. The Morgan fingerprint density at radius 3 is 2.44 bits per heavy atom. The maximum absolute atomic E-state index is 12.4. The second-order valence-corrected chi connectivity index (χ2v) is 8.12. The van der Waals surface area contributed by atoms with Gasteiger partial charge in [-0.1, -0.05) is 81.1 Å². The lowest BCUT2D eigenvalue weighted by Gasteiger charge is -2.22. The van der Waals surface area contributed by atoms with Crippen LogP contribution < -0.4 is 11.2 Å². The Bertz CT molecular complexity index is 931. The van der Waals surface area contributed by atoms with E-state index in [-0.39, 0.29) is 17.1 Å². The molecule has 2 aromatic carbocycles. The Morgan fingerprint density at radius 2 is 1.74 bits per heavy atom. The molecule has 0 fully saturated rings. The lowest BCUT2D eigenvalue weighted by molar-refractivity contribution is -0.113. The van der Waals surface area contributed by atoms with Gasteiger partial charge in [-0.2, -0.15) is 0 Å². The minimum absolute atomic E-state index is 0.0565. The predicted molar refractivity (Wildman–Crippen MR) is 110 cm³/mol. The molecule has 0 radical (unpaired) electrons. The lowest BCUT2D eigenvalue weighted by atomic mass is 9.86. The first kappa shape index (κ1) is 19.0. The standard InChI is InChI=1S/C20H23N5OS/c1-20(2,3)15-11-7-8-12-16(15)22-17(26)13-27-19-24-23-18(25(19)21)14-9-5-4-6-10-14/h4-12H,13,21H2,1-3H3,(H,22,26). The highest BCUT2D eigenvalue weighted by atomic mass is 32.2. The molecule has 0 saturated heterocycles. The zero-order valence-electron chi connectivity index (χ0n) is 15.6. The molecule has 140 valence electrons. The van der Waals surface area contributed by atoms with Crippen LogP contribution in [-0.4, -0.2) is 26.5 Å². The molecule has 3 rings (SSSR count). The number of benzene rings is 2. The number of nitrogens with one attached hydrogen (secondary N) is 1. The molecular weight excluding hydrogens is 358 g/mol. The van der Waals surface area contributed by atoms with E-state index in [4.69, 9.17) is 5.84 Å². The third kappa shape index (κ3) is 4.49. The van der Waals surface area contributed by atoms with E-state index in [9.17, 15) is 4.79 Å². The van der Waals surface area contributed by atoms with Crippen molar-refractivity contribution in [3.63, 3.8) is 0 Å². The van der Waals surface area contributed by atoms with Crippen LogP contribution >= 0.6 is 11.8 Å². The fourth-order valence-corrected chi connectivity index (χ4v) is 3.38. The summed E-state index contributed by atoms with van der Waals surface area (Å²) in [6.07, 6.45) is 0. The zero-order chi connectivity index (χ0) is 19.4. The van der Waals surface area contributed by atoms with Crippen molar-refractivity contribution in [3.8, 4) is 11.4 Å². The number of aromatic nitrogens is 3. The van der Waals surface area contributed by atoms with Gasteiger partial charge in [-0.3, -0.25) is 4.79 Å². The van der Waals surface area contributed by atoms with Crippen molar-refractivity contribution >= 4 is 23.4 Å². The normalized spacial score (nSPS) is 11.4. The summed E-state index contributed by atoms with van der Waals surface area (Å²) in [7, 11) is 0. The first-order valence-electron chi connectivity index (χ1n) is 8.64. The molecule has 0 aliphatic carbocycles. The smallest absolute Gasteiger partial charge is 0.234 e. The second-order valence-electron chi connectivity index (χ2n) is 7.17. The van der Waals surface area contributed by atoms with Crippen LogP contribution in [0.4, 0.5) is 5.69 Å². The second kappa shape index (κ2) is 7.84. The molecule has 0 spiro atoms. The van der Waals surface area contributed by atoms with Crippen molar-refractivity contribution in [1.82, 2.24) is 14.9 Å². The van der Waals surface area contributed by atoms with E-state index in [0.29, 0.717) is 11.0 Å². The van der Waals surface area contributed by atoms with Crippen molar-refractivity contribution in [1.29, 1.82) is 0 Å². The Morgan fingerprint density at radius 1 is 1.07 bits per heavy atom. The van der Waals surface area contributed by atoms with Gasteiger partial charge in [-0.25, -0.2) is 4.68 Å². The van der Waals surface area contributed by atoms with Gasteiger partial charge in [0.2, 0.25) is 11.1 Å². The number of thioether (sulfide) groups is 1. The van der Waals surface area contributed by atoms with E-state index >= 15 is 0 Å². The number of para-hydroxylation sites is 1. The fourth-order valence-electron chi connectivity index (χ4n) is 2.72. The highest BCUT2D eigenvalue weighted by molar-refractivity contribution is 7.99. The molecule has 1 amide bonds. The molecular formula is C20H23N5OS. The van der Waals surface area contributed by atoms with Gasteiger partial charge in [-0.05, 0) is 17.0 Å². The predicted octanol–water partition coefficient (Wildman–Crippen LogP) is 3.69. The Labute approximate surface area is 163 Å². The van der Waals surface area contributed by atoms with E-state index in [1.807, 2.05) is 54.6 Å². The minimum atomic E-state index is -0.110. The number of nitrogen functional groups attached to an aromatic ring is 1. The van der Waals surface area contributed by atoms with Crippen LogP contribution in [0.15, 0.2) is 59.8 Å². The van der Waals surface area contributed by atoms with E-state index in [1.165, 1.54) is 16.4 Å². The fraction of sp³-hybridized carbons (Fsp3) is 0.250. The minimum Gasteiger partial charge on any atom is -0.335 e. The van der Waals surface area contributed by atoms with Crippen LogP contribution in [-0.2, 0) is 10.2 Å². The summed E-state index contributed by atoms with van der Waals surface area (Å²) in [5.74, 6) is 6.75. The van der Waals surface area contributed by atoms with Gasteiger partial charge in [0.05, 0.1) is 5.75 Å². The number of nitrogens with zero attached hydrogens (tertiary/aromatic N) is 3. The zero-order valence-corrected chi connectivity index (χ0v) is 16.5. The molecule has 27 heavy (non-hydrogen) atoms. The summed E-state index contributed by atoms with van der Waals surface area (Å²) in [6.45, 7) is 6.36. The average molecular weight is 382 g/mol. The quantitative estimate of drug-likeness (QED) is 0.520. The maximum atomic E-state index is 12.4. The van der Waals surface area contributed by atoms with Gasteiger partial charge < -0.3 is 11.2 Å². The van der Waals surface area contributed by atoms with Gasteiger partial charge in [0, 0.05) is 11.3 Å². The SMILES string of the molecule is CC(C)(C)c1ccccc1NC(=O)CSc1nnc(-c2ccccc2)n1N. The van der Waals surface area contributed by atoms with Crippen LogP contribution in [0.25, 0.3) is 11.4 Å². The number of anilines is 1. The van der Waals surface area contributed by atoms with E-state index in [1.54, 1.807) is 0 Å². The van der Waals surface area contributed by atoms with Gasteiger partial charge in [-0.15, -0.1) is 10.2 Å². The average Bonchev–Trinajstić information content (AvgIpc) is 3.01. The summed E-state index contributed by atoms with van der Waals surface area (Å²) in [6, 6.07) is 17.4. The van der Waals surface area contributed by atoms with Crippen molar-refractivity contribution in [2.24, 2.45) is 0 Å². The van der Waals surface area contributed by atoms with E-state index < -0.39 is 0 Å². The Hall–Kier alpha value is -2.80. The van der Waals surface area contributed by atoms with Gasteiger partial charge in [0.1, 0.15) is 0 Å². The van der Waals surface area contributed by atoms with Gasteiger partial charge >= 0.3 is 0 Å². The molecule has 0 atom stereocenters. The first-order chi connectivity index (χ1) is 12.9. The number of hydrogen-bond donors (Lipinski definition) is 2. The molecule has 0 unspecified atom stereocenters. The van der Waals surface area contributed by atoms with Crippen LogP contribution in [0.1, 0.15) is 26.3 Å². The highest BCUT2D eigenvalue weighted by Gasteiger charge is 2.19. The van der Waals surface area contributed by atoms with Gasteiger partial charge in [0.25, 0.3) is 0 Å². The summed E-state index contributed by atoms with van der Waals surface area (Å²) >= 11 is 1.26. The van der Waals surface area contributed by atoms with E-state index in [2.05, 4.69) is 36.3 Å². The molecule has 0 saturated carbocycles. The molecule has 3 aromatic rings. The van der Waals surface area contributed by atoms with Crippen molar-refractivity contribution < 1.29 is 4.79 Å². The third-order valence-electron chi connectivity index (χ3n) is 4.04.